The van der Waals surface area contributed by atoms with Gasteiger partial charge in [0.1, 0.15) is 12.7 Å². The lowest BCUT2D eigenvalue weighted by Crippen LogP contribution is -2.29. The van der Waals surface area contributed by atoms with Crippen molar-refractivity contribution in [1.29, 1.82) is 0 Å². The van der Waals surface area contributed by atoms with Gasteiger partial charge >= 0.3 is 19.8 Å². The molecule has 10 nitrogen and oxygen atoms in total. The molecule has 238 valence electrons. The topological polar surface area (TPSA) is 149 Å². The van der Waals surface area contributed by atoms with E-state index in [1.54, 1.807) is 0 Å². The number of rotatable bonds is 27. The number of carbonyl (C=O) groups excluding carboxylic acids is 2. The van der Waals surface area contributed by atoms with Crippen molar-refractivity contribution in [2.75, 3.05) is 26.4 Å². The van der Waals surface area contributed by atoms with Crippen LogP contribution in [0.1, 0.15) is 104 Å². The molecule has 3 N–H and O–H groups in total. The first-order valence-electron chi connectivity index (χ1n) is 14.9. The lowest BCUT2D eigenvalue weighted by molar-refractivity contribution is -0.160. The molecule has 41 heavy (non-hydrogen) atoms. The van der Waals surface area contributed by atoms with Crippen LogP contribution in [-0.4, -0.2) is 65.7 Å². The summed E-state index contributed by atoms with van der Waals surface area (Å²) in [5, 5.41) is 18.0. The van der Waals surface area contributed by atoms with Gasteiger partial charge in [-0.25, -0.2) is 4.57 Å². The number of phosphoric ester groups is 1. The van der Waals surface area contributed by atoms with Crippen LogP contribution in [0.2, 0.25) is 0 Å². The van der Waals surface area contributed by atoms with E-state index in [9.17, 15) is 24.2 Å². The van der Waals surface area contributed by atoms with Crippen LogP contribution in [0.5, 0.6) is 0 Å². The number of phosphoric acid groups is 1. The number of unbranched alkanes of at least 4 members (excludes halogenated alkanes) is 9. The Kier molecular flexibility index (Phi) is 25.9. The predicted molar refractivity (Wildman–Crippen MR) is 159 cm³/mol. The summed E-state index contributed by atoms with van der Waals surface area (Å²) in [6.45, 7) is 1.23. The van der Waals surface area contributed by atoms with Crippen molar-refractivity contribution >= 4 is 19.8 Å². The number of carbonyl (C=O) groups is 2. The molecular formula is C30H53O10P. The minimum atomic E-state index is -4.57. The Morgan fingerprint density at radius 3 is 1.90 bits per heavy atom. The van der Waals surface area contributed by atoms with Crippen molar-refractivity contribution in [1.82, 2.24) is 0 Å². The molecule has 0 aromatic rings. The first-order chi connectivity index (χ1) is 19.7. The summed E-state index contributed by atoms with van der Waals surface area (Å²) in [5.41, 5.74) is 0. The van der Waals surface area contributed by atoms with E-state index in [4.69, 9.17) is 19.1 Å². The minimum Gasteiger partial charge on any atom is -0.462 e. The van der Waals surface area contributed by atoms with E-state index in [2.05, 4.69) is 47.9 Å². The van der Waals surface area contributed by atoms with Gasteiger partial charge in [0.05, 0.1) is 19.8 Å². The van der Waals surface area contributed by atoms with E-state index in [1.165, 1.54) is 32.6 Å². The van der Waals surface area contributed by atoms with Crippen LogP contribution in [0.3, 0.4) is 0 Å². The molecule has 0 aliphatic rings. The number of allylic oxidation sites excluding steroid dienone is 6. The van der Waals surface area contributed by atoms with E-state index in [0.717, 1.165) is 51.4 Å². The maximum atomic E-state index is 12.2. The number of esters is 2. The SMILES string of the molecule is CCCCC/C=C\C/C=C\C/C=C\CCCCCCCCC(=O)OC(COC(C)=O)COP(=O)(O)OCC(O)CO. The van der Waals surface area contributed by atoms with Crippen LogP contribution in [-0.2, 0) is 32.7 Å². The van der Waals surface area contributed by atoms with Crippen LogP contribution >= 0.6 is 7.82 Å². The summed E-state index contributed by atoms with van der Waals surface area (Å²) in [5.74, 6) is -1.14. The van der Waals surface area contributed by atoms with Gasteiger partial charge in [0.25, 0.3) is 0 Å². The Bertz CT molecular complexity index is 796. The second kappa shape index (κ2) is 27.0. The zero-order valence-electron chi connectivity index (χ0n) is 25.0. The molecule has 0 spiro atoms. The van der Waals surface area contributed by atoms with Gasteiger partial charge in [0, 0.05) is 13.3 Å². The van der Waals surface area contributed by atoms with Gasteiger partial charge in [-0.15, -0.1) is 0 Å². The maximum Gasteiger partial charge on any atom is 0.472 e. The molecule has 0 aliphatic heterocycles. The van der Waals surface area contributed by atoms with Crippen molar-refractivity contribution in [3.63, 3.8) is 0 Å². The molecule has 0 heterocycles. The molecule has 0 fully saturated rings. The van der Waals surface area contributed by atoms with Gasteiger partial charge in [0.15, 0.2) is 6.10 Å². The van der Waals surface area contributed by atoms with E-state index >= 15 is 0 Å². The van der Waals surface area contributed by atoms with Gasteiger partial charge < -0.3 is 24.6 Å². The summed E-state index contributed by atoms with van der Waals surface area (Å²) < 4.78 is 31.3. The fourth-order valence-corrected chi connectivity index (χ4v) is 4.34. The molecule has 0 aromatic carbocycles. The highest BCUT2D eigenvalue weighted by Gasteiger charge is 2.26. The molecule has 0 aromatic heterocycles. The molecule has 11 heteroatoms. The van der Waals surface area contributed by atoms with E-state index in [1.807, 2.05) is 0 Å². The monoisotopic (exact) mass is 604 g/mol. The summed E-state index contributed by atoms with van der Waals surface area (Å²) >= 11 is 0. The Labute approximate surface area is 246 Å². The number of hydrogen-bond acceptors (Lipinski definition) is 9. The van der Waals surface area contributed by atoms with Gasteiger partial charge in [-0.2, -0.15) is 0 Å². The predicted octanol–water partition coefficient (Wildman–Crippen LogP) is 6.10. The Hall–Kier alpha value is -1.81. The Morgan fingerprint density at radius 1 is 0.780 bits per heavy atom. The lowest BCUT2D eigenvalue weighted by Gasteiger charge is -2.20. The van der Waals surface area contributed by atoms with Crippen molar-refractivity contribution in [2.45, 2.75) is 116 Å². The second-order valence-corrected chi connectivity index (χ2v) is 11.3. The summed E-state index contributed by atoms with van der Waals surface area (Å²) in [4.78, 5) is 33.0. The van der Waals surface area contributed by atoms with E-state index < -0.39 is 51.8 Å². The third-order valence-corrected chi connectivity index (χ3v) is 6.81. The van der Waals surface area contributed by atoms with Gasteiger partial charge in [0.2, 0.25) is 0 Å². The van der Waals surface area contributed by atoms with Crippen LogP contribution in [0.15, 0.2) is 36.5 Å². The normalized spacial score (nSPS) is 15.0. The number of aliphatic hydroxyl groups is 2. The third kappa shape index (κ3) is 28.1. The van der Waals surface area contributed by atoms with Gasteiger partial charge in [-0.3, -0.25) is 18.6 Å². The number of ether oxygens (including phenoxy) is 2. The molecule has 0 amide bonds. The molecule has 0 bridgehead atoms. The van der Waals surface area contributed by atoms with Crippen molar-refractivity contribution in [3.05, 3.63) is 36.5 Å². The van der Waals surface area contributed by atoms with Crippen LogP contribution < -0.4 is 0 Å². The first-order valence-corrected chi connectivity index (χ1v) is 16.4. The van der Waals surface area contributed by atoms with Gasteiger partial charge in [-0.1, -0.05) is 81.9 Å². The third-order valence-electron chi connectivity index (χ3n) is 5.86. The molecule has 0 aliphatic carbocycles. The maximum absolute atomic E-state index is 12.2. The summed E-state index contributed by atoms with van der Waals surface area (Å²) in [6.07, 6.45) is 25.0. The molecule has 0 saturated heterocycles. The smallest absolute Gasteiger partial charge is 0.462 e. The summed E-state index contributed by atoms with van der Waals surface area (Å²) in [7, 11) is -4.57. The van der Waals surface area contributed by atoms with E-state index in [-0.39, 0.29) is 13.0 Å². The fraction of sp³-hybridized carbons (Fsp3) is 0.733. The number of hydrogen-bond donors (Lipinski definition) is 3. The average Bonchev–Trinajstić information content (AvgIpc) is 2.94. The minimum absolute atomic E-state index is 0.164. The molecule has 0 saturated carbocycles. The summed E-state index contributed by atoms with van der Waals surface area (Å²) in [6, 6.07) is 0. The fourth-order valence-electron chi connectivity index (χ4n) is 3.55. The first kappa shape index (κ1) is 39.2. The van der Waals surface area contributed by atoms with E-state index in [0.29, 0.717) is 6.42 Å². The van der Waals surface area contributed by atoms with Crippen molar-refractivity contribution in [3.8, 4) is 0 Å². The van der Waals surface area contributed by atoms with Crippen LogP contribution in [0, 0.1) is 0 Å². The highest BCUT2D eigenvalue weighted by atomic mass is 31.2. The quantitative estimate of drug-likeness (QED) is 0.0435. The standard InChI is InChI=1S/C30H53O10P/c1-3-4-5-6-7-8-9-10-11-12-13-14-15-16-17-18-19-20-21-22-30(34)40-29(25-37-27(2)32)26-39-41(35,36)38-24-28(33)23-31/h7-8,10-11,13-14,28-29,31,33H,3-6,9,12,15-26H2,1-2H3,(H,35,36)/b8-7-,11-10-,14-13-. The Balaban J connectivity index is 3.98. The van der Waals surface area contributed by atoms with Gasteiger partial charge in [-0.05, 0) is 44.9 Å². The number of aliphatic hydroxyl groups excluding tert-OH is 2. The lowest BCUT2D eigenvalue weighted by atomic mass is 10.1. The molecule has 3 atom stereocenters. The van der Waals surface area contributed by atoms with Crippen molar-refractivity contribution in [2.24, 2.45) is 0 Å². The highest BCUT2D eigenvalue weighted by Crippen LogP contribution is 2.43. The Morgan fingerprint density at radius 2 is 1.32 bits per heavy atom. The zero-order chi connectivity index (χ0) is 30.6. The molecule has 0 radical (unpaired) electrons. The molecular weight excluding hydrogens is 551 g/mol. The highest BCUT2D eigenvalue weighted by molar-refractivity contribution is 7.47. The largest absolute Gasteiger partial charge is 0.472 e. The molecule has 0 rings (SSSR count). The second-order valence-electron chi connectivity index (χ2n) is 9.85. The average molecular weight is 605 g/mol. The van der Waals surface area contributed by atoms with Crippen LogP contribution in [0.25, 0.3) is 0 Å². The van der Waals surface area contributed by atoms with Crippen molar-refractivity contribution < 1.29 is 47.8 Å². The zero-order valence-corrected chi connectivity index (χ0v) is 25.9. The molecule has 3 unspecified atom stereocenters. The van der Waals surface area contributed by atoms with Crippen LogP contribution in [0.4, 0.5) is 0 Å².